The summed E-state index contributed by atoms with van der Waals surface area (Å²) < 4.78 is 13.6. The minimum Gasteiger partial charge on any atom is -0.496 e. The molecule has 1 N–H and O–H groups in total. The Morgan fingerprint density at radius 3 is 2.49 bits per heavy atom. The number of ether oxygens (including phenoxy) is 2. The van der Waals surface area contributed by atoms with Crippen LogP contribution in [0.1, 0.15) is 41.0 Å². The van der Waals surface area contributed by atoms with Crippen LogP contribution < -0.4 is 14.8 Å². The molecule has 0 spiro atoms. The number of benzene rings is 3. The molecule has 0 fully saturated rings. The van der Waals surface area contributed by atoms with Crippen LogP contribution in [0.2, 0.25) is 0 Å². The lowest BCUT2D eigenvalue weighted by atomic mass is 10.2. The maximum Gasteiger partial charge on any atom is 0.255 e. The molecule has 35 heavy (non-hydrogen) atoms. The van der Waals surface area contributed by atoms with Gasteiger partial charge in [-0.25, -0.2) is 4.98 Å². The molecule has 4 rings (SSSR count). The Balaban J connectivity index is 1.30. The summed E-state index contributed by atoms with van der Waals surface area (Å²) in [4.78, 5) is 17.4. The first-order chi connectivity index (χ1) is 17.2. The zero-order valence-corrected chi connectivity index (χ0v) is 20.5. The second kappa shape index (κ2) is 12.1. The first kappa shape index (κ1) is 24.3. The van der Waals surface area contributed by atoms with Gasteiger partial charge in [0, 0.05) is 19.5 Å². The summed E-state index contributed by atoms with van der Waals surface area (Å²) in [6.07, 6.45) is 3.57. The molecule has 0 bridgehead atoms. The number of hydrogen-bond acceptors (Lipinski definition) is 4. The molecule has 0 aliphatic carbocycles. The van der Waals surface area contributed by atoms with E-state index in [9.17, 15) is 4.79 Å². The molecule has 1 aromatic heterocycles. The highest BCUT2D eigenvalue weighted by Crippen LogP contribution is 2.20. The molecule has 0 aliphatic rings. The number of unbranched alkanes of at least 4 members (excludes halogenated alkanes) is 1. The second-order valence-electron chi connectivity index (χ2n) is 8.55. The Morgan fingerprint density at radius 2 is 1.66 bits per heavy atom. The van der Waals surface area contributed by atoms with Crippen LogP contribution in [0.3, 0.4) is 0 Å². The van der Waals surface area contributed by atoms with Crippen LogP contribution in [0.15, 0.2) is 72.8 Å². The minimum absolute atomic E-state index is 0.121. The quantitative estimate of drug-likeness (QED) is 0.274. The van der Waals surface area contributed by atoms with Crippen molar-refractivity contribution in [1.29, 1.82) is 0 Å². The third-order valence-corrected chi connectivity index (χ3v) is 6.08. The van der Waals surface area contributed by atoms with E-state index in [1.807, 2.05) is 36.4 Å². The van der Waals surface area contributed by atoms with E-state index < -0.39 is 0 Å². The Labute approximate surface area is 206 Å². The molecule has 1 amide bonds. The summed E-state index contributed by atoms with van der Waals surface area (Å²) in [5.74, 6) is 2.47. The number of nitrogens with one attached hydrogen (secondary N) is 1. The molecule has 3 aromatic carbocycles. The highest BCUT2D eigenvalue weighted by atomic mass is 16.5. The Morgan fingerprint density at radius 1 is 0.914 bits per heavy atom. The minimum atomic E-state index is -0.121. The van der Waals surface area contributed by atoms with Gasteiger partial charge in [0.05, 0.1) is 30.3 Å². The maximum absolute atomic E-state index is 12.5. The number of amides is 1. The second-order valence-corrected chi connectivity index (χ2v) is 8.55. The van der Waals surface area contributed by atoms with Crippen LogP contribution in [-0.4, -0.2) is 35.7 Å². The van der Waals surface area contributed by atoms with Crippen molar-refractivity contribution in [3.63, 3.8) is 0 Å². The number of imidazole rings is 1. The van der Waals surface area contributed by atoms with E-state index in [1.165, 1.54) is 0 Å². The summed E-state index contributed by atoms with van der Waals surface area (Å²) in [7, 11) is 1.57. The van der Waals surface area contributed by atoms with Crippen molar-refractivity contribution in [2.24, 2.45) is 0 Å². The third kappa shape index (κ3) is 6.21. The van der Waals surface area contributed by atoms with Gasteiger partial charge >= 0.3 is 0 Å². The number of para-hydroxylation sites is 4. The fraction of sp³-hybridized carbons (Fsp3) is 0.310. The molecule has 0 atom stereocenters. The molecular weight excluding hydrogens is 438 g/mol. The zero-order valence-electron chi connectivity index (χ0n) is 20.5. The summed E-state index contributed by atoms with van der Waals surface area (Å²) in [5.41, 5.74) is 3.88. The molecule has 182 valence electrons. The fourth-order valence-corrected chi connectivity index (χ4v) is 4.21. The number of rotatable bonds is 12. The average Bonchev–Trinajstić information content (AvgIpc) is 3.24. The van der Waals surface area contributed by atoms with E-state index in [1.54, 1.807) is 19.2 Å². The first-order valence-electron chi connectivity index (χ1n) is 12.2. The van der Waals surface area contributed by atoms with Crippen molar-refractivity contribution < 1.29 is 14.3 Å². The third-order valence-electron chi connectivity index (χ3n) is 6.08. The van der Waals surface area contributed by atoms with Gasteiger partial charge in [-0.15, -0.1) is 0 Å². The summed E-state index contributed by atoms with van der Waals surface area (Å²) >= 11 is 0. The van der Waals surface area contributed by atoms with Crippen LogP contribution in [-0.2, 0) is 13.0 Å². The summed E-state index contributed by atoms with van der Waals surface area (Å²) in [6, 6.07) is 23.6. The lowest BCUT2D eigenvalue weighted by Crippen LogP contribution is -2.25. The normalized spacial score (nSPS) is 10.9. The lowest BCUT2D eigenvalue weighted by Gasteiger charge is -2.12. The summed E-state index contributed by atoms with van der Waals surface area (Å²) in [5, 5.41) is 3.00. The number of carbonyl (C=O) groups is 1. The standard InChI is InChI=1S/C29H33N3O3/c1-22-12-3-7-16-26(22)35-21-10-9-20-32-25-15-6-5-14-24(25)31-28(32)18-11-19-30-29(33)23-13-4-8-17-27(23)34-2/h3-8,12-17H,9-11,18-21H2,1-2H3,(H,30,33). The molecule has 1 heterocycles. The van der Waals surface area contributed by atoms with Gasteiger partial charge in [-0.2, -0.15) is 0 Å². The molecule has 6 heteroatoms. The number of methoxy groups -OCH3 is 1. The van der Waals surface area contributed by atoms with Gasteiger partial charge in [0.15, 0.2) is 0 Å². The highest BCUT2D eigenvalue weighted by molar-refractivity contribution is 5.96. The van der Waals surface area contributed by atoms with E-state index in [-0.39, 0.29) is 5.91 Å². The van der Waals surface area contributed by atoms with Crippen molar-refractivity contribution in [3.8, 4) is 11.5 Å². The van der Waals surface area contributed by atoms with Crippen LogP contribution in [0.5, 0.6) is 11.5 Å². The predicted molar refractivity (Wildman–Crippen MR) is 139 cm³/mol. The van der Waals surface area contributed by atoms with Crippen LogP contribution in [0, 0.1) is 6.92 Å². The van der Waals surface area contributed by atoms with E-state index in [0.29, 0.717) is 24.5 Å². The molecule has 0 saturated carbocycles. The average molecular weight is 472 g/mol. The number of aromatic nitrogens is 2. The Hall–Kier alpha value is -3.80. The first-order valence-corrected chi connectivity index (χ1v) is 12.2. The van der Waals surface area contributed by atoms with Crippen molar-refractivity contribution in [1.82, 2.24) is 14.9 Å². The number of carbonyl (C=O) groups excluding carboxylic acids is 1. The van der Waals surface area contributed by atoms with Gasteiger partial charge in [-0.3, -0.25) is 4.79 Å². The largest absolute Gasteiger partial charge is 0.496 e. The lowest BCUT2D eigenvalue weighted by molar-refractivity contribution is 0.0950. The highest BCUT2D eigenvalue weighted by Gasteiger charge is 2.13. The van der Waals surface area contributed by atoms with Crippen LogP contribution >= 0.6 is 0 Å². The number of nitrogens with zero attached hydrogens (tertiary/aromatic N) is 2. The molecular formula is C29H33N3O3. The number of fused-ring (bicyclic) bond motifs is 1. The topological polar surface area (TPSA) is 65.4 Å². The molecule has 0 radical (unpaired) electrons. The van der Waals surface area contributed by atoms with Crippen LogP contribution in [0.4, 0.5) is 0 Å². The van der Waals surface area contributed by atoms with E-state index in [4.69, 9.17) is 14.5 Å². The number of hydrogen-bond donors (Lipinski definition) is 1. The molecule has 0 unspecified atom stereocenters. The Kier molecular flexibility index (Phi) is 8.39. The molecule has 4 aromatic rings. The van der Waals surface area contributed by atoms with Gasteiger partial charge in [0.1, 0.15) is 17.3 Å². The molecule has 0 aliphatic heterocycles. The fourth-order valence-electron chi connectivity index (χ4n) is 4.21. The SMILES string of the molecule is COc1ccccc1C(=O)NCCCc1nc2ccccc2n1CCCCOc1ccccc1C. The maximum atomic E-state index is 12.5. The summed E-state index contributed by atoms with van der Waals surface area (Å²) in [6.45, 7) is 4.23. The zero-order chi connectivity index (χ0) is 24.5. The van der Waals surface area contributed by atoms with E-state index >= 15 is 0 Å². The van der Waals surface area contributed by atoms with E-state index in [0.717, 1.165) is 60.4 Å². The van der Waals surface area contributed by atoms with Gasteiger partial charge < -0.3 is 19.4 Å². The van der Waals surface area contributed by atoms with Gasteiger partial charge in [0.2, 0.25) is 0 Å². The smallest absolute Gasteiger partial charge is 0.255 e. The molecule has 6 nitrogen and oxygen atoms in total. The van der Waals surface area contributed by atoms with Crippen molar-refractivity contribution in [2.75, 3.05) is 20.3 Å². The Bertz CT molecular complexity index is 1270. The number of aryl methyl sites for hydroxylation is 3. The predicted octanol–water partition coefficient (Wildman–Crippen LogP) is 5.58. The molecule has 0 saturated heterocycles. The monoisotopic (exact) mass is 471 g/mol. The van der Waals surface area contributed by atoms with Gasteiger partial charge in [0.25, 0.3) is 5.91 Å². The van der Waals surface area contributed by atoms with Gasteiger partial charge in [-0.1, -0.05) is 42.5 Å². The van der Waals surface area contributed by atoms with E-state index in [2.05, 4.69) is 41.1 Å². The van der Waals surface area contributed by atoms with Crippen LogP contribution in [0.25, 0.3) is 11.0 Å². The van der Waals surface area contributed by atoms with Crippen molar-refractivity contribution in [3.05, 3.63) is 89.7 Å². The van der Waals surface area contributed by atoms with Crippen molar-refractivity contribution >= 4 is 16.9 Å². The van der Waals surface area contributed by atoms with Crippen molar-refractivity contribution in [2.45, 2.75) is 39.2 Å². The van der Waals surface area contributed by atoms with Gasteiger partial charge in [-0.05, 0) is 62.1 Å².